The third-order valence-electron chi connectivity index (χ3n) is 5.81. The van der Waals surface area contributed by atoms with Gasteiger partial charge in [0.1, 0.15) is 5.69 Å². The van der Waals surface area contributed by atoms with E-state index in [4.69, 9.17) is 9.47 Å². The number of H-pyrrole nitrogens is 1. The molecule has 1 amide bonds. The van der Waals surface area contributed by atoms with Gasteiger partial charge in [0.2, 0.25) is 0 Å². The van der Waals surface area contributed by atoms with Crippen molar-refractivity contribution in [3.8, 4) is 0 Å². The number of aromatic amines is 1. The molecule has 4 atom stereocenters. The molecule has 7 heteroatoms. The summed E-state index contributed by atoms with van der Waals surface area (Å²) in [6, 6.07) is 0.101. The molecule has 0 bridgehead atoms. The molecule has 1 aromatic rings. The maximum atomic E-state index is 12.6. The minimum atomic E-state index is -0.920. The Morgan fingerprint density at radius 2 is 1.86 bits per heavy atom. The maximum Gasteiger partial charge on any atom is 0.355 e. The average molecular weight is 392 g/mol. The summed E-state index contributed by atoms with van der Waals surface area (Å²) >= 11 is 0. The summed E-state index contributed by atoms with van der Waals surface area (Å²) in [5.74, 6) is -0.496. The molecule has 0 spiro atoms. The van der Waals surface area contributed by atoms with Gasteiger partial charge in [0.05, 0.1) is 12.2 Å². The van der Waals surface area contributed by atoms with Crippen LogP contribution in [-0.2, 0) is 14.3 Å². The number of ether oxygens (including phenoxy) is 2. The lowest BCUT2D eigenvalue weighted by atomic mass is 9.78. The van der Waals surface area contributed by atoms with Crippen molar-refractivity contribution in [2.45, 2.75) is 73.0 Å². The van der Waals surface area contributed by atoms with Crippen molar-refractivity contribution < 1.29 is 23.9 Å². The van der Waals surface area contributed by atoms with Crippen LogP contribution >= 0.6 is 0 Å². The monoisotopic (exact) mass is 392 g/mol. The summed E-state index contributed by atoms with van der Waals surface area (Å²) in [5, 5.41) is 3.03. The molecule has 0 aromatic carbocycles. The number of aryl methyl sites for hydroxylation is 1. The highest BCUT2D eigenvalue weighted by molar-refractivity contribution is 5.99. The number of hydrogen-bond donors (Lipinski definition) is 2. The molecule has 0 saturated heterocycles. The molecule has 2 rings (SSSR count). The molecule has 1 aliphatic rings. The van der Waals surface area contributed by atoms with Crippen LogP contribution in [0.1, 0.15) is 79.1 Å². The van der Waals surface area contributed by atoms with Crippen molar-refractivity contribution in [3.05, 3.63) is 22.5 Å². The first kappa shape index (κ1) is 22.0. The van der Waals surface area contributed by atoms with Crippen molar-refractivity contribution in [2.75, 3.05) is 6.61 Å². The third kappa shape index (κ3) is 4.75. The van der Waals surface area contributed by atoms with E-state index in [1.165, 1.54) is 6.42 Å². The van der Waals surface area contributed by atoms with Gasteiger partial charge >= 0.3 is 11.9 Å². The standard InChI is InChI=1S/C21H32N2O5/c1-7-27-21(26)18-13(4)17(14(5)22-18)20(25)28-15(6)19(24)23-16-10-8-9-11(2)12(16)3/h11-12,15-16,22H,7-10H2,1-6H3,(H,23,24)/t11-,12+,15+,16+/m1/s1. The van der Waals surface area contributed by atoms with Crippen molar-refractivity contribution in [2.24, 2.45) is 11.8 Å². The molecule has 7 nitrogen and oxygen atoms in total. The number of aromatic nitrogens is 1. The fourth-order valence-electron chi connectivity index (χ4n) is 3.82. The highest BCUT2D eigenvalue weighted by atomic mass is 16.5. The molecule has 1 aliphatic carbocycles. The summed E-state index contributed by atoms with van der Waals surface area (Å²) in [4.78, 5) is 40.0. The van der Waals surface area contributed by atoms with Crippen LogP contribution in [0, 0.1) is 25.7 Å². The summed E-state index contributed by atoms with van der Waals surface area (Å²) in [7, 11) is 0. The van der Waals surface area contributed by atoms with Gasteiger partial charge in [-0.05, 0) is 51.5 Å². The lowest BCUT2D eigenvalue weighted by molar-refractivity contribution is -0.130. The fourth-order valence-corrected chi connectivity index (χ4v) is 3.82. The average Bonchev–Trinajstić information content (AvgIpc) is 2.93. The van der Waals surface area contributed by atoms with Gasteiger partial charge < -0.3 is 19.8 Å². The van der Waals surface area contributed by atoms with E-state index in [-0.39, 0.29) is 29.8 Å². The first-order chi connectivity index (χ1) is 13.2. The second kappa shape index (κ2) is 9.26. The van der Waals surface area contributed by atoms with Crippen LogP contribution in [0.15, 0.2) is 0 Å². The van der Waals surface area contributed by atoms with E-state index in [2.05, 4.69) is 24.1 Å². The van der Waals surface area contributed by atoms with E-state index in [1.54, 1.807) is 27.7 Å². The largest absolute Gasteiger partial charge is 0.461 e. The normalized spacial score (nSPS) is 23.0. The van der Waals surface area contributed by atoms with E-state index in [0.29, 0.717) is 23.1 Å². The van der Waals surface area contributed by atoms with Gasteiger partial charge in [-0.2, -0.15) is 0 Å². The molecule has 1 fully saturated rings. The molecule has 28 heavy (non-hydrogen) atoms. The van der Waals surface area contributed by atoms with Crippen molar-refractivity contribution in [1.82, 2.24) is 10.3 Å². The number of esters is 2. The first-order valence-electron chi connectivity index (χ1n) is 10.0. The number of rotatable bonds is 6. The zero-order valence-electron chi connectivity index (χ0n) is 17.7. The first-order valence-corrected chi connectivity index (χ1v) is 10.0. The van der Waals surface area contributed by atoms with E-state index >= 15 is 0 Å². The van der Waals surface area contributed by atoms with Gasteiger partial charge in [-0.3, -0.25) is 4.79 Å². The Balaban J connectivity index is 2.04. The second-order valence-electron chi connectivity index (χ2n) is 7.78. The molecule has 0 aliphatic heterocycles. The van der Waals surface area contributed by atoms with Gasteiger partial charge in [0.25, 0.3) is 5.91 Å². The van der Waals surface area contributed by atoms with Gasteiger partial charge in [-0.25, -0.2) is 9.59 Å². The van der Waals surface area contributed by atoms with Gasteiger partial charge in [0.15, 0.2) is 6.10 Å². The third-order valence-corrected chi connectivity index (χ3v) is 5.81. The van der Waals surface area contributed by atoms with E-state index in [1.807, 2.05) is 0 Å². The predicted molar refractivity (Wildman–Crippen MR) is 105 cm³/mol. The molecule has 1 aromatic heterocycles. The number of nitrogens with one attached hydrogen (secondary N) is 2. The lowest BCUT2D eigenvalue weighted by Gasteiger charge is -2.35. The van der Waals surface area contributed by atoms with Crippen LogP contribution in [0.25, 0.3) is 0 Å². The zero-order valence-corrected chi connectivity index (χ0v) is 17.7. The Bertz CT molecular complexity index is 739. The van der Waals surface area contributed by atoms with Crippen molar-refractivity contribution in [1.29, 1.82) is 0 Å². The summed E-state index contributed by atoms with van der Waals surface area (Å²) in [5.41, 5.74) is 1.46. The second-order valence-corrected chi connectivity index (χ2v) is 7.78. The minimum absolute atomic E-state index is 0.101. The zero-order chi connectivity index (χ0) is 21.0. The van der Waals surface area contributed by atoms with Crippen LogP contribution in [0.3, 0.4) is 0 Å². The van der Waals surface area contributed by atoms with Crippen LogP contribution in [0.4, 0.5) is 0 Å². The van der Waals surface area contributed by atoms with Crippen molar-refractivity contribution in [3.63, 3.8) is 0 Å². The number of carbonyl (C=O) groups is 3. The van der Waals surface area contributed by atoms with Crippen LogP contribution in [0.5, 0.6) is 0 Å². The van der Waals surface area contributed by atoms with E-state index < -0.39 is 18.0 Å². The van der Waals surface area contributed by atoms with Crippen LogP contribution < -0.4 is 5.32 Å². The van der Waals surface area contributed by atoms with E-state index in [0.717, 1.165) is 12.8 Å². The predicted octanol–water partition coefficient (Wildman–Crippen LogP) is 3.29. The van der Waals surface area contributed by atoms with Crippen molar-refractivity contribution >= 4 is 17.8 Å². The van der Waals surface area contributed by atoms with Crippen LogP contribution in [0.2, 0.25) is 0 Å². The minimum Gasteiger partial charge on any atom is -0.461 e. The van der Waals surface area contributed by atoms with Gasteiger partial charge in [-0.15, -0.1) is 0 Å². The smallest absolute Gasteiger partial charge is 0.355 e. The summed E-state index contributed by atoms with van der Waals surface area (Å²) < 4.78 is 10.4. The van der Waals surface area contributed by atoms with E-state index in [9.17, 15) is 14.4 Å². The van der Waals surface area contributed by atoms with Crippen LogP contribution in [-0.4, -0.2) is 41.6 Å². The summed E-state index contributed by atoms with van der Waals surface area (Å²) in [6.45, 7) is 11.2. The molecular weight excluding hydrogens is 360 g/mol. The molecular formula is C21H32N2O5. The maximum absolute atomic E-state index is 12.6. The number of amides is 1. The topological polar surface area (TPSA) is 97.5 Å². The quantitative estimate of drug-likeness (QED) is 0.724. The molecule has 0 unspecified atom stereocenters. The van der Waals surface area contributed by atoms with Gasteiger partial charge in [-0.1, -0.05) is 26.7 Å². The molecule has 0 radical (unpaired) electrons. The number of carbonyl (C=O) groups excluding carboxylic acids is 3. The number of hydrogen-bond acceptors (Lipinski definition) is 5. The Morgan fingerprint density at radius 3 is 2.50 bits per heavy atom. The molecule has 2 N–H and O–H groups in total. The Labute approximate surface area is 166 Å². The fraction of sp³-hybridized carbons (Fsp3) is 0.667. The Morgan fingerprint density at radius 1 is 1.18 bits per heavy atom. The SMILES string of the molecule is CCOC(=O)c1[nH]c(C)c(C(=O)O[C@@H](C)C(=O)N[C@H]2CCC[C@@H](C)[C@@H]2C)c1C. The summed E-state index contributed by atoms with van der Waals surface area (Å²) in [6.07, 6.45) is 2.28. The molecule has 1 saturated carbocycles. The molecule has 156 valence electrons. The Kier molecular flexibility index (Phi) is 7.27. The Hall–Kier alpha value is -2.31. The highest BCUT2D eigenvalue weighted by Crippen LogP contribution is 2.29. The highest BCUT2D eigenvalue weighted by Gasteiger charge is 2.31. The molecule has 1 heterocycles. The lowest BCUT2D eigenvalue weighted by Crippen LogP contribution is -2.47. The van der Waals surface area contributed by atoms with Gasteiger partial charge in [0, 0.05) is 11.7 Å².